The van der Waals surface area contributed by atoms with Gasteiger partial charge in [-0.05, 0) is 105 Å². The van der Waals surface area contributed by atoms with Gasteiger partial charge in [0.1, 0.15) is 0 Å². The van der Waals surface area contributed by atoms with Gasteiger partial charge in [-0.25, -0.2) is 0 Å². The van der Waals surface area contributed by atoms with E-state index in [1.54, 1.807) is 0 Å². The fourth-order valence-electron chi connectivity index (χ4n) is 9.95. The average molecular weight is 771 g/mol. The Morgan fingerprint density at radius 2 is 1.08 bits per heavy atom. The summed E-state index contributed by atoms with van der Waals surface area (Å²) in [5.41, 5.74) is 20.3. The number of benzene rings is 8. The molecule has 0 saturated carbocycles. The van der Waals surface area contributed by atoms with Gasteiger partial charge in [0.2, 0.25) is 0 Å². The van der Waals surface area contributed by atoms with E-state index in [-0.39, 0.29) is 12.0 Å². The van der Waals surface area contributed by atoms with E-state index >= 15 is 0 Å². The van der Waals surface area contributed by atoms with E-state index in [0.29, 0.717) is 0 Å². The van der Waals surface area contributed by atoms with Crippen molar-refractivity contribution in [2.24, 2.45) is 0 Å². The lowest BCUT2D eigenvalue weighted by Crippen LogP contribution is -2.30. The highest BCUT2D eigenvalue weighted by molar-refractivity contribution is 5.96. The van der Waals surface area contributed by atoms with Crippen molar-refractivity contribution in [2.75, 3.05) is 4.90 Å². The SMILES string of the molecule is CCCCc1ccc(-c2ccc(N3c4ccccc4C4c5c(n(-c6ccccc6-c6ccc(-c7ccccc7)cc6)c6ccccc56)C=CC43)cc2)c(-c2ccccc2)c1. The molecule has 8 aromatic carbocycles. The van der Waals surface area contributed by atoms with Crippen LogP contribution in [0.25, 0.3) is 67.2 Å². The molecule has 0 bridgehead atoms. The summed E-state index contributed by atoms with van der Waals surface area (Å²) >= 11 is 0. The van der Waals surface area contributed by atoms with E-state index < -0.39 is 0 Å². The van der Waals surface area contributed by atoms with Crippen LogP contribution < -0.4 is 4.90 Å². The summed E-state index contributed by atoms with van der Waals surface area (Å²) in [7, 11) is 0. The fraction of sp³-hybridized carbons (Fsp3) is 0.103. The Bertz CT molecular complexity index is 3010. The average Bonchev–Trinajstić information content (AvgIpc) is 3.84. The van der Waals surface area contributed by atoms with Gasteiger partial charge in [-0.2, -0.15) is 0 Å². The van der Waals surface area contributed by atoms with E-state index in [1.165, 1.54) is 108 Å². The Morgan fingerprint density at radius 1 is 0.483 bits per heavy atom. The predicted molar refractivity (Wildman–Crippen MR) is 253 cm³/mol. The number of aryl methyl sites for hydroxylation is 1. The Morgan fingerprint density at radius 3 is 1.87 bits per heavy atom. The van der Waals surface area contributed by atoms with Crippen LogP contribution in [-0.2, 0) is 6.42 Å². The molecule has 11 rings (SSSR count). The van der Waals surface area contributed by atoms with Crippen LogP contribution in [-0.4, -0.2) is 10.6 Å². The van der Waals surface area contributed by atoms with Crippen molar-refractivity contribution in [2.45, 2.75) is 38.1 Å². The molecule has 2 heteroatoms. The van der Waals surface area contributed by atoms with E-state index in [0.717, 1.165) is 6.42 Å². The molecule has 2 unspecified atom stereocenters. The molecule has 0 spiro atoms. The molecule has 1 aromatic heterocycles. The lowest BCUT2D eigenvalue weighted by Gasteiger charge is -2.31. The van der Waals surface area contributed by atoms with E-state index in [9.17, 15) is 0 Å². The van der Waals surface area contributed by atoms with Gasteiger partial charge in [-0.3, -0.25) is 0 Å². The standard InChI is InChI=1S/C58H46N2/c1-2-3-16-40-27-36-47(51(39-40)43-19-8-5-9-20-43)44-32-34-46(35-33-44)59-53-25-14-11-22-49(53)57-55(59)37-38-56-58(57)50-23-12-15-26-54(50)60(56)52-24-13-10-21-48(52)45-30-28-42(29-31-45)41-17-6-4-7-18-41/h4-15,17-39,55,57H,2-3,16H2,1H3. The molecular formula is C58H46N2. The number of nitrogens with zero attached hydrogens (tertiary/aromatic N) is 2. The lowest BCUT2D eigenvalue weighted by molar-refractivity contribution is 0.725. The van der Waals surface area contributed by atoms with Gasteiger partial charge < -0.3 is 9.47 Å². The van der Waals surface area contributed by atoms with Gasteiger partial charge in [0.15, 0.2) is 0 Å². The minimum atomic E-state index is 0.138. The normalized spacial score (nSPS) is 15.2. The minimum Gasteiger partial charge on any atom is -0.333 e. The first-order valence-electron chi connectivity index (χ1n) is 21.5. The summed E-state index contributed by atoms with van der Waals surface area (Å²) in [6.45, 7) is 2.27. The summed E-state index contributed by atoms with van der Waals surface area (Å²) in [6, 6.07) is 74.0. The summed E-state index contributed by atoms with van der Waals surface area (Å²) in [5, 5.41) is 1.31. The highest BCUT2D eigenvalue weighted by Gasteiger charge is 2.43. The third-order valence-corrected chi connectivity index (χ3v) is 12.8. The molecule has 0 fully saturated rings. The Labute approximate surface area is 353 Å². The van der Waals surface area contributed by atoms with E-state index in [1.807, 2.05) is 0 Å². The predicted octanol–water partition coefficient (Wildman–Crippen LogP) is 15.3. The highest BCUT2D eigenvalue weighted by atomic mass is 15.2. The van der Waals surface area contributed by atoms with E-state index in [4.69, 9.17) is 0 Å². The maximum Gasteiger partial charge on any atom is 0.0637 e. The zero-order valence-electron chi connectivity index (χ0n) is 33.9. The summed E-state index contributed by atoms with van der Waals surface area (Å²) in [4.78, 5) is 2.57. The van der Waals surface area contributed by atoms with Crippen LogP contribution in [0.2, 0.25) is 0 Å². The molecule has 2 heterocycles. The summed E-state index contributed by atoms with van der Waals surface area (Å²) in [6.07, 6.45) is 8.36. The number of unbranched alkanes of at least 4 members (excludes halogenated alkanes) is 1. The van der Waals surface area contributed by atoms with Crippen molar-refractivity contribution in [3.8, 4) is 50.2 Å². The fourth-order valence-corrected chi connectivity index (χ4v) is 9.95. The lowest BCUT2D eigenvalue weighted by atomic mass is 9.82. The first-order chi connectivity index (χ1) is 29.7. The van der Waals surface area contributed by atoms with Crippen molar-refractivity contribution < 1.29 is 0 Å². The number of aromatic nitrogens is 1. The van der Waals surface area contributed by atoms with Gasteiger partial charge >= 0.3 is 0 Å². The molecule has 2 nitrogen and oxygen atoms in total. The van der Waals surface area contributed by atoms with Crippen molar-refractivity contribution >= 4 is 28.4 Å². The maximum atomic E-state index is 2.57. The molecule has 0 N–H and O–H groups in total. The number of anilines is 2. The van der Waals surface area contributed by atoms with Crippen LogP contribution in [0.5, 0.6) is 0 Å². The minimum absolute atomic E-state index is 0.138. The number of hydrogen-bond acceptors (Lipinski definition) is 1. The molecule has 60 heavy (non-hydrogen) atoms. The molecule has 2 atom stereocenters. The first kappa shape index (κ1) is 36.0. The number of rotatable bonds is 9. The molecule has 0 amide bonds. The van der Waals surface area contributed by atoms with Gasteiger partial charge in [-0.15, -0.1) is 0 Å². The van der Waals surface area contributed by atoms with Gasteiger partial charge in [0, 0.05) is 28.2 Å². The molecule has 0 radical (unpaired) electrons. The maximum absolute atomic E-state index is 2.57. The van der Waals surface area contributed by atoms with Gasteiger partial charge in [0.05, 0.1) is 22.9 Å². The largest absolute Gasteiger partial charge is 0.333 e. The van der Waals surface area contributed by atoms with Crippen LogP contribution in [0, 0.1) is 0 Å². The molecule has 1 aliphatic heterocycles. The third-order valence-electron chi connectivity index (χ3n) is 12.8. The van der Waals surface area contributed by atoms with Crippen molar-refractivity contribution in [3.63, 3.8) is 0 Å². The van der Waals surface area contributed by atoms with Gasteiger partial charge in [-0.1, -0.05) is 189 Å². The second-order valence-corrected chi connectivity index (χ2v) is 16.3. The third kappa shape index (κ3) is 6.10. The molecule has 1 aliphatic carbocycles. The van der Waals surface area contributed by atoms with Crippen LogP contribution in [0.1, 0.15) is 48.1 Å². The smallest absolute Gasteiger partial charge is 0.0637 e. The van der Waals surface area contributed by atoms with Crippen LogP contribution in [0.4, 0.5) is 11.4 Å². The summed E-state index contributed by atoms with van der Waals surface area (Å²) in [5.74, 6) is 0.171. The quantitative estimate of drug-likeness (QED) is 0.142. The van der Waals surface area contributed by atoms with Crippen LogP contribution in [0.3, 0.4) is 0 Å². The van der Waals surface area contributed by atoms with Crippen molar-refractivity contribution in [3.05, 3.63) is 229 Å². The van der Waals surface area contributed by atoms with Crippen molar-refractivity contribution in [1.29, 1.82) is 0 Å². The Balaban J connectivity index is 0.992. The van der Waals surface area contributed by atoms with E-state index in [2.05, 4.69) is 229 Å². The molecule has 0 saturated heterocycles. The second-order valence-electron chi connectivity index (χ2n) is 16.3. The number of hydrogen-bond donors (Lipinski definition) is 0. The number of fused-ring (bicyclic) bond motifs is 7. The zero-order valence-corrected chi connectivity index (χ0v) is 33.9. The second kappa shape index (κ2) is 15.2. The first-order valence-corrected chi connectivity index (χ1v) is 21.5. The van der Waals surface area contributed by atoms with Crippen molar-refractivity contribution in [1.82, 2.24) is 4.57 Å². The molecule has 9 aromatic rings. The zero-order chi connectivity index (χ0) is 40.0. The molecule has 288 valence electrons. The monoisotopic (exact) mass is 770 g/mol. The highest BCUT2D eigenvalue weighted by Crippen LogP contribution is 2.54. The number of para-hydroxylation sites is 3. The van der Waals surface area contributed by atoms with Gasteiger partial charge in [0.25, 0.3) is 0 Å². The van der Waals surface area contributed by atoms with Crippen LogP contribution >= 0.6 is 0 Å². The summed E-state index contributed by atoms with van der Waals surface area (Å²) < 4.78 is 2.51. The molecule has 2 aliphatic rings. The molecular weight excluding hydrogens is 725 g/mol. The Hall–Kier alpha value is -7.16. The van der Waals surface area contributed by atoms with Crippen LogP contribution in [0.15, 0.2) is 206 Å². The topological polar surface area (TPSA) is 8.17 Å². The Kier molecular flexibility index (Phi) is 9.12.